The summed E-state index contributed by atoms with van der Waals surface area (Å²) < 4.78 is 4.89. The summed E-state index contributed by atoms with van der Waals surface area (Å²) in [4.78, 5) is 10.5. The first-order chi connectivity index (χ1) is 11.5. The number of hydrogen-bond donors (Lipinski definition) is 1. The normalized spacial score (nSPS) is 13.1. The Labute approximate surface area is 156 Å². The number of rotatable bonds is 11. The number of hydrogen-bond acceptors (Lipinski definition) is 3. The van der Waals surface area contributed by atoms with Crippen molar-refractivity contribution in [1.29, 1.82) is 0 Å². The third-order valence-corrected chi connectivity index (χ3v) is 3.98. The molecule has 148 valence electrons. The van der Waals surface area contributed by atoms with Crippen molar-refractivity contribution in [3.63, 3.8) is 0 Å². The highest BCUT2D eigenvalue weighted by atomic mass is 16.5. The fourth-order valence-electron chi connectivity index (χ4n) is 2.18. The molecule has 2 atom stereocenters. The molecule has 0 aromatic rings. The molecule has 0 bridgehead atoms. The molecule has 3 heteroatoms. The van der Waals surface area contributed by atoms with Crippen LogP contribution in [0.1, 0.15) is 87.0 Å². The molecule has 25 heavy (non-hydrogen) atoms. The van der Waals surface area contributed by atoms with Gasteiger partial charge in [-0.2, -0.15) is 0 Å². The van der Waals surface area contributed by atoms with Gasteiger partial charge in [0.15, 0.2) is 0 Å². The smallest absolute Gasteiger partial charge is 0.302 e. The lowest BCUT2D eigenvalue weighted by Gasteiger charge is -2.17. The molecule has 0 saturated heterocycles. The van der Waals surface area contributed by atoms with Crippen LogP contribution in [-0.2, 0) is 9.53 Å². The zero-order valence-corrected chi connectivity index (χ0v) is 17.7. The van der Waals surface area contributed by atoms with E-state index >= 15 is 0 Å². The molecule has 0 amide bonds. The third-order valence-electron chi connectivity index (χ3n) is 3.98. The van der Waals surface area contributed by atoms with Crippen molar-refractivity contribution in [2.24, 2.45) is 11.8 Å². The first kappa shape index (κ1) is 26.1. The van der Waals surface area contributed by atoms with Crippen LogP contribution >= 0.6 is 0 Å². The lowest BCUT2D eigenvalue weighted by molar-refractivity contribution is -0.141. The largest absolute Gasteiger partial charge is 0.466 e. The molecule has 1 N–H and O–H groups in total. The van der Waals surface area contributed by atoms with E-state index in [1.54, 1.807) is 0 Å². The van der Waals surface area contributed by atoms with E-state index in [0.717, 1.165) is 32.1 Å². The lowest BCUT2D eigenvalue weighted by atomic mass is 9.97. The van der Waals surface area contributed by atoms with Crippen molar-refractivity contribution in [2.75, 3.05) is 6.61 Å². The quantitative estimate of drug-likeness (QED) is 0.362. The molecule has 0 aliphatic heterocycles. The second-order valence-electron chi connectivity index (χ2n) is 8.01. The predicted molar refractivity (Wildman–Crippen MR) is 109 cm³/mol. The van der Waals surface area contributed by atoms with Gasteiger partial charge in [-0.15, -0.1) is 6.58 Å². The van der Waals surface area contributed by atoms with E-state index < -0.39 is 5.60 Å². The fraction of sp³-hybridized carbons (Fsp3) is 0.773. The minimum atomic E-state index is -0.499. The molecule has 0 aromatic carbocycles. The van der Waals surface area contributed by atoms with Crippen molar-refractivity contribution in [2.45, 2.75) is 92.6 Å². The molecule has 0 rings (SSSR count). The molecule has 3 nitrogen and oxygen atoms in total. The molecule has 2 unspecified atom stereocenters. The SMILES string of the molecule is C=CC(C)CCCC(C)(C)O.CC(=O)OCCC(C)CCC=C(C)C. The lowest BCUT2D eigenvalue weighted by Crippen LogP contribution is -2.18. The monoisotopic (exact) mass is 354 g/mol. The Morgan fingerprint density at radius 2 is 1.76 bits per heavy atom. The Kier molecular flexibility index (Phi) is 15.9. The highest BCUT2D eigenvalue weighted by Crippen LogP contribution is 2.15. The number of carbonyl (C=O) groups excluding carboxylic acids is 1. The minimum absolute atomic E-state index is 0.179. The van der Waals surface area contributed by atoms with Crippen LogP contribution in [0.4, 0.5) is 0 Å². The van der Waals surface area contributed by atoms with E-state index in [4.69, 9.17) is 4.74 Å². The van der Waals surface area contributed by atoms with Gasteiger partial charge in [0.05, 0.1) is 12.2 Å². The van der Waals surface area contributed by atoms with Crippen LogP contribution in [0.15, 0.2) is 24.3 Å². The molecular weight excluding hydrogens is 312 g/mol. The van der Waals surface area contributed by atoms with Crippen LogP contribution in [-0.4, -0.2) is 23.3 Å². The first-order valence-corrected chi connectivity index (χ1v) is 9.59. The number of esters is 1. The summed E-state index contributed by atoms with van der Waals surface area (Å²) in [6.07, 6.45) is 10.6. The van der Waals surface area contributed by atoms with Crippen LogP contribution in [0.25, 0.3) is 0 Å². The van der Waals surface area contributed by atoms with E-state index in [1.165, 1.54) is 18.9 Å². The average molecular weight is 355 g/mol. The maximum absolute atomic E-state index is 10.5. The van der Waals surface area contributed by atoms with Crippen LogP contribution in [0.5, 0.6) is 0 Å². The Morgan fingerprint density at radius 3 is 2.20 bits per heavy atom. The van der Waals surface area contributed by atoms with Gasteiger partial charge >= 0.3 is 5.97 Å². The van der Waals surface area contributed by atoms with Crippen molar-refractivity contribution < 1.29 is 14.6 Å². The van der Waals surface area contributed by atoms with Gasteiger partial charge in [0, 0.05) is 6.92 Å². The van der Waals surface area contributed by atoms with E-state index in [2.05, 4.69) is 40.3 Å². The van der Waals surface area contributed by atoms with Gasteiger partial charge in [-0.05, 0) is 71.6 Å². The van der Waals surface area contributed by atoms with Crippen molar-refractivity contribution in [3.05, 3.63) is 24.3 Å². The second-order valence-corrected chi connectivity index (χ2v) is 8.01. The van der Waals surface area contributed by atoms with Gasteiger partial charge in [0.25, 0.3) is 0 Å². The van der Waals surface area contributed by atoms with E-state index in [-0.39, 0.29) is 5.97 Å². The predicted octanol–water partition coefficient (Wildman–Crippen LogP) is 6.07. The number of ether oxygens (including phenoxy) is 1. The summed E-state index contributed by atoms with van der Waals surface area (Å²) >= 11 is 0. The van der Waals surface area contributed by atoms with Crippen molar-refractivity contribution in [3.8, 4) is 0 Å². The summed E-state index contributed by atoms with van der Waals surface area (Å²) in [5, 5.41) is 9.38. The standard InChI is InChI=1S/C12H22O2.C10H20O/c1-10(2)6-5-7-11(3)8-9-14-12(4)13;1-5-9(2)7-6-8-10(3,4)11/h6,11H,5,7-9H2,1-4H3;5,9,11H,1,6-8H2,2-4H3. The van der Waals surface area contributed by atoms with Gasteiger partial charge in [-0.3, -0.25) is 4.79 Å². The molecule has 0 heterocycles. The topological polar surface area (TPSA) is 46.5 Å². The summed E-state index contributed by atoms with van der Waals surface area (Å²) in [5.74, 6) is 1.03. The highest BCUT2D eigenvalue weighted by molar-refractivity contribution is 5.65. The van der Waals surface area contributed by atoms with Gasteiger partial charge in [0.1, 0.15) is 0 Å². The Bertz CT molecular complexity index is 373. The van der Waals surface area contributed by atoms with Gasteiger partial charge in [0.2, 0.25) is 0 Å². The molecule has 0 saturated carbocycles. The van der Waals surface area contributed by atoms with Crippen LogP contribution in [0.2, 0.25) is 0 Å². The first-order valence-electron chi connectivity index (χ1n) is 9.59. The molecule has 0 fully saturated rings. The Morgan fingerprint density at radius 1 is 1.16 bits per heavy atom. The highest BCUT2D eigenvalue weighted by Gasteiger charge is 2.11. The molecular formula is C22H42O3. The van der Waals surface area contributed by atoms with E-state index in [9.17, 15) is 9.90 Å². The third kappa shape index (κ3) is 25.3. The fourth-order valence-corrected chi connectivity index (χ4v) is 2.18. The van der Waals surface area contributed by atoms with Gasteiger partial charge in [-0.25, -0.2) is 0 Å². The van der Waals surface area contributed by atoms with Crippen molar-refractivity contribution in [1.82, 2.24) is 0 Å². The Hall–Kier alpha value is -1.09. The summed E-state index contributed by atoms with van der Waals surface area (Å²) in [7, 11) is 0. The van der Waals surface area contributed by atoms with Crippen LogP contribution < -0.4 is 0 Å². The molecule has 0 aromatic heterocycles. The van der Waals surface area contributed by atoms with Gasteiger partial charge in [-0.1, -0.05) is 38.0 Å². The molecule has 0 aliphatic rings. The maximum atomic E-state index is 10.5. The maximum Gasteiger partial charge on any atom is 0.302 e. The summed E-state index contributed by atoms with van der Waals surface area (Å²) in [6.45, 7) is 18.0. The summed E-state index contributed by atoms with van der Waals surface area (Å²) in [5.41, 5.74) is 0.873. The summed E-state index contributed by atoms with van der Waals surface area (Å²) in [6, 6.07) is 0. The molecule has 0 radical (unpaired) electrons. The number of allylic oxidation sites excluding steroid dienone is 3. The van der Waals surface area contributed by atoms with Crippen LogP contribution in [0.3, 0.4) is 0 Å². The van der Waals surface area contributed by atoms with E-state index in [1.807, 2.05) is 19.9 Å². The average Bonchev–Trinajstić information content (AvgIpc) is 2.45. The van der Waals surface area contributed by atoms with Crippen LogP contribution in [0, 0.1) is 11.8 Å². The molecule has 0 spiro atoms. The zero-order chi connectivity index (χ0) is 19.9. The van der Waals surface area contributed by atoms with E-state index in [0.29, 0.717) is 18.4 Å². The zero-order valence-electron chi connectivity index (χ0n) is 17.7. The van der Waals surface area contributed by atoms with Gasteiger partial charge < -0.3 is 9.84 Å². The number of aliphatic hydroxyl groups is 1. The molecule has 0 aliphatic carbocycles. The second kappa shape index (κ2) is 15.2. The number of carbonyl (C=O) groups is 1. The minimum Gasteiger partial charge on any atom is -0.466 e. The Balaban J connectivity index is 0. The van der Waals surface area contributed by atoms with Crippen molar-refractivity contribution >= 4 is 5.97 Å².